The van der Waals surface area contributed by atoms with Crippen LogP contribution in [0.15, 0.2) is 11.4 Å². The predicted molar refractivity (Wildman–Crippen MR) is 111 cm³/mol. The van der Waals surface area contributed by atoms with Crippen molar-refractivity contribution in [1.29, 1.82) is 0 Å². The van der Waals surface area contributed by atoms with E-state index in [-0.39, 0.29) is 42.0 Å². The van der Waals surface area contributed by atoms with E-state index in [0.717, 1.165) is 22.2 Å². The smallest absolute Gasteiger partial charge is 0.224 e. The third-order valence-electron chi connectivity index (χ3n) is 3.45. The van der Waals surface area contributed by atoms with Crippen LogP contribution in [0.5, 0.6) is 0 Å². The third-order valence-corrected chi connectivity index (χ3v) is 5.83. The molecule has 0 spiro atoms. The first-order valence-corrected chi connectivity index (χ1v) is 9.20. The van der Waals surface area contributed by atoms with Crippen LogP contribution >= 0.6 is 59.1 Å². The molecule has 3 aromatic rings. The molecule has 0 aromatic carbocycles. The van der Waals surface area contributed by atoms with Crippen LogP contribution in [0.2, 0.25) is 5.28 Å². The minimum absolute atomic E-state index is 0. The van der Waals surface area contributed by atoms with Crippen molar-refractivity contribution in [3.8, 4) is 0 Å². The van der Waals surface area contributed by atoms with E-state index >= 15 is 0 Å². The van der Waals surface area contributed by atoms with Crippen LogP contribution in [0, 0.1) is 12.7 Å². The minimum atomic E-state index is -0.209. The van der Waals surface area contributed by atoms with Gasteiger partial charge in [-0.1, -0.05) is 0 Å². The summed E-state index contributed by atoms with van der Waals surface area (Å²) in [4.78, 5) is 10.4. The number of nitrogens with two attached hydrogens (primary N) is 1. The number of aromatic nitrogens is 2. The largest absolute Gasteiger partial charge is 0.364 e. The lowest BCUT2D eigenvalue weighted by molar-refractivity contribution is 0.621. The summed E-state index contributed by atoms with van der Waals surface area (Å²) in [5.74, 6) is 0.427. The Morgan fingerprint density at radius 3 is 2.64 bits per heavy atom. The van der Waals surface area contributed by atoms with Gasteiger partial charge in [0.2, 0.25) is 5.28 Å². The van der Waals surface area contributed by atoms with E-state index in [1.807, 2.05) is 13.8 Å². The number of halogens is 4. The van der Waals surface area contributed by atoms with Crippen LogP contribution in [0.3, 0.4) is 0 Å². The van der Waals surface area contributed by atoms with E-state index in [4.69, 9.17) is 17.3 Å². The minimum Gasteiger partial charge on any atom is -0.364 e. The van der Waals surface area contributed by atoms with E-state index in [0.29, 0.717) is 17.2 Å². The number of nitrogens with one attached hydrogen (secondary N) is 1. The summed E-state index contributed by atoms with van der Waals surface area (Å²) >= 11 is 9.03. The van der Waals surface area contributed by atoms with Crippen LogP contribution < -0.4 is 11.1 Å². The van der Waals surface area contributed by atoms with Crippen molar-refractivity contribution in [2.24, 2.45) is 5.73 Å². The Morgan fingerprint density at radius 1 is 1.32 bits per heavy atom. The SMILES string of the molecule is Cc1c(C[C@H](C)N)sc2c(NCc3sccc3F)nc(Cl)nc12.Cl.Cl. The number of nitrogens with zero attached hydrogens (tertiary/aromatic N) is 2. The molecule has 0 aliphatic heterocycles. The monoisotopic (exact) mass is 442 g/mol. The average Bonchev–Trinajstić information content (AvgIpc) is 3.02. The van der Waals surface area contributed by atoms with Gasteiger partial charge in [-0.25, -0.2) is 9.37 Å². The Bertz CT molecular complexity index is 851. The Morgan fingerprint density at radius 2 is 2.04 bits per heavy atom. The van der Waals surface area contributed by atoms with E-state index < -0.39 is 0 Å². The molecule has 0 saturated carbocycles. The molecule has 0 radical (unpaired) electrons. The van der Waals surface area contributed by atoms with Gasteiger partial charge in [0.15, 0.2) is 0 Å². The molecule has 0 aliphatic rings. The highest BCUT2D eigenvalue weighted by molar-refractivity contribution is 7.19. The fourth-order valence-corrected chi connectivity index (χ4v) is 4.54. The number of thiophene rings is 2. The highest BCUT2D eigenvalue weighted by atomic mass is 35.5. The van der Waals surface area contributed by atoms with Crippen molar-refractivity contribution in [3.05, 3.63) is 37.9 Å². The second kappa shape index (κ2) is 9.30. The molecular weight excluding hydrogens is 426 g/mol. The molecule has 0 saturated heterocycles. The summed E-state index contributed by atoms with van der Waals surface area (Å²) in [5, 5.41) is 5.09. The highest BCUT2D eigenvalue weighted by Crippen LogP contribution is 2.35. The van der Waals surface area contributed by atoms with Crippen LogP contribution in [-0.4, -0.2) is 16.0 Å². The summed E-state index contributed by atoms with van der Waals surface area (Å²) in [5.41, 5.74) is 7.82. The molecule has 3 aromatic heterocycles. The zero-order valence-corrected chi connectivity index (χ0v) is 17.5. The average molecular weight is 444 g/mol. The Kier molecular flexibility index (Phi) is 8.31. The molecule has 1 atom stereocenters. The number of hydrogen-bond acceptors (Lipinski definition) is 6. The predicted octanol–water partition coefficient (Wildman–Crippen LogP) is 5.20. The Hall–Kier alpha value is -0.700. The molecule has 0 unspecified atom stereocenters. The summed E-state index contributed by atoms with van der Waals surface area (Å²) in [7, 11) is 0. The first-order valence-electron chi connectivity index (χ1n) is 7.12. The van der Waals surface area contributed by atoms with Crippen molar-refractivity contribution in [2.75, 3.05) is 5.32 Å². The van der Waals surface area contributed by atoms with Gasteiger partial charge in [0, 0.05) is 10.9 Å². The second-order valence-corrected chi connectivity index (χ2v) is 7.84. The number of aryl methyl sites for hydroxylation is 1. The number of fused-ring (bicyclic) bond motifs is 1. The maximum Gasteiger partial charge on any atom is 0.224 e. The van der Waals surface area contributed by atoms with Crippen LogP contribution in [0.25, 0.3) is 10.2 Å². The van der Waals surface area contributed by atoms with Crippen molar-refractivity contribution in [3.63, 3.8) is 0 Å². The lowest BCUT2D eigenvalue weighted by Gasteiger charge is -2.06. The van der Waals surface area contributed by atoms with Gasteiger partial charge in [0.1, 0.15) is 11.6 Å². The third kappa shape index (κ3) is 4.93. The first-order chi connectivity index (χ1) is 11.0. The van der Waals surface area contributed by atoms with Gasteiger partial charge in [-0.05, 0) is 48.9 Å². The number of anilines is 1. The lowest BCUT2D eigenvalue weighted by atomic mass is 10.1. The molecule has 0 fully saturated rings. The Labute approximate surface area is 170 Å². The molecular formula is C15H18Cl3FN4S2. The number of rotatable bonds is 5. The molecule has 3 rings (SSSR count). The number of hydrogen-bond donors (Lipinski definition) is 2. The van der Waals surface area contributed by atoms with Crippen molar-refractivity contribution in [1.82, 2.24) is 9.97 Å². The molecule has 138 valence electrons. The van der Waals surface area contributed by atoms with Gasteiger partial charge in [0.25, 0.3) is 0 Å². The maximum atomic E-state index is 13.6. The fraction of sp³-hybridized carbons (Fsp3) is 0.333. The van der Waals surface area contributed by atoms with E-state index in [1.165, 1.54) is 22.3 Å². The standard InChI is InChI=1S/C15H16ClFN4S2.2ClH/c1-7(18)5-10-8(2)12-13(23-10)14(21-15(16)20-12)19-6-11-9(17)3-4-22-11;;/h3-4,7H,5-6,18H2,1-2H3,(H,19,20,21);2*1H/t7-;;/m0../s1. The zero-order valence-electron chi connectivity index (χ0n) is 13.5. The highest BCUT2D eigenvalue weighted by Gasteiger charge is 2.17. The normalized spacial score (nSPS) is 11.7. The van der Waals surface area contributed by atoms with Gasteiger partial charge in [0.05, 0.1) is 21.6 Å². The summed E-state index contributed by atoms with van der Waals surface area (Å²) < 4.78 is 14.5. The Balaban J connectivity index is 0.00000156. The van der Waals surface area contributed by atoms with E-state index in [2.05, 4.69) is 15.3 Å². The van der Waals surface area contributed by atoms with Gasteiger partial charge in [-0.3, -0.25) is 0 Å². The van der Waals surface area contributed by atoms with Gasteiger partial charge in [-0.15, -0.1) is 47.5 Å². The molecule has 0 aliphatic carbocycles. The van der Waals surface area contributed by atoms with E-state index in [1.54, 1.807) is 16.7 Å². The second-order valence-electron chi connectivity index (χ2n) is 5.40. The van der Waals surface area contributed by atoms with E-state index in [9.17, 15) is 4.39 Å². The van der Waals surface area contributed by atoms with Crippen LogP contribution in [-0.2, 0) is 13.0 Å². The molecule has 0 amide bonds. The first kappa shape index (κ1) is 22.3. The maximum absolute atomic E-state index is 13.6. The molecule has 25 heavy (non-hydrogen) atoms. The summed E-state index contributed by atoms with van der Waals surface area (Å²) in [6.07, 6.45) is 0.781. The van der Waals surface area contributed by atoms with Crippen LogP contribution in [0.4, 0.5) is 10.2 Å². The molecule has 3 N–H and O–H groups in total. The van der Waals surface area contributed by atoms with Gasteiger partial charge < -0.3 is 11.1 Å². The van der Waals surface area contributed by atoms with Gasteiger partial charge in [-0.2, -0.15) is 4.98 Å². The van der Waals surface area contributed by atoms with Crippen molar-refractivity contribution >= 4 is 75.1 Å². The van der Waals surface area contributed by atoms with Crippen molar-refractivity contribution in [2.45, 2.75) is 32.9 Å². The van der Waals surface area contributed by atoms with Gasteiger partial charge >= 0.3 is 0 Å². The summed E-state index contributed by atoms with van der Waals surface area (Å²) in [6.45, 7) is 4.36. The molecule has 10 heteroatoms. The quantitative estimate of drug-likeness (QED) is 0.532. The topological polar surface area (TPSA) is 63.8 Å². The zero-order chi connectivity index (χ0) is 16.6. The molecule has 4 nitrogen and oxygen atoms in total. The molecule has 3 heterocycles. The van der Waals surface area contributed by atoms with Crippen LogP contribution in [0.1, 0.15) is 22.2 Å². The molecule has 0 bridgehead atoms. The van der Waals surface area contributed by atoms with Crippen molar-refractivity contribution < 1.29 is 4.39 Å². The summed E-state index contributed by atoms with van der Waals surface area (Å²) in [6, 6.07) is 1.53. The lowest BCUT2D eigenvalue weighted by Crippen LogP contribution is -2.17. The fourth-order valence-electron chi connectivity index (χ4n) is 2.33.